The molecule has 0 aliphatic carbocycles. The number of anilines is 1. The van der Waals surface area contributed by atoms with Crippen molar-refractivity contribution in [3.8, 4) is 0 Å². The number of nitrogen functional groups attached to an aromatic ring is 1. The van der Waals surface area contributed by atoms with Crippen LogP contribution in [0.5, 0.6) is 0 Å². The Balaban J connectivity index is 0.00000144. The standard InChI is InChI=1S/C5H5N3O3S.Na/c6-5-7-2(1-12-5)3(8-11)4(9)10;/h1,11H,(H2,6,7)(H,9,10);/q;+1/p-1. The Labute approximate surface area is 99.4 Å². The molecule has 0 fully saturated rings. The molecule has 0 saturated heterocycles. The summed E-state index contributed by atoms with van der Waals surface area (Å²) in [5.74, 6) is -1.59. The first-order valence-corrected chi connectivity index (χ1v) is 3.68. The van der Waals surface area contributed by atoms with Crippen LogP contribution in [0.3, 0.4) is 0 Å². The van der Waals surface area contributed by atoms with Crippen LogP contribution in [-0.2, 0) is 4.79 Å². The van der Waals surface area contributed by atoms with Crippen LogP contribution in [0.25, 0.3) is 0 Å². The number of carbonyl (C=O) groups is 1. The SMILES string of the molecule is Nc1nc(C(=NO)C(=O)[O-])cs1.[Na+]. The smallest absolute Gasteiger partial charge is 0.543 e. The number of aliphatic carboxylic acids is 1. The van der Waals surface area contributed by atoms with E-state index < -0.39 is 11.7 Å². The van der Waals surface area contributed by atoms with Gasteiger partial charge in [-0.2, -0.15) is 0 Å². The van der Waals surface area contributed by atoms with Crippen LogP contribution in [0.4, 0.5) is 5.13 Å². The number of hydrogen-bond acceptors (Lipinski definition) is 7. The van der Waals surface area contributed by atoms with Gasteiger partial charge in [-0.15, -0.1) is 11.3 Å². The number of aromatic nitrogens is 1. The summed E-state index contributed by atoms with van der Waals surface area (Å²) in [5, 5.41) is 22.6. The van der Waals surface area contributed by atoms with E-state index in [1.54, 1.807) is 0 Å². The van der Waals surface area contributed by atoms with Gasteiger partial charge in [0, 0.05) is 5.38 Å². The van der Waals surface area contributed by atoms with Crippen molar-refractivity contribution in [2.45, 2.75) is 0 Å². The molecule has 0 aliphatic heterocycles. The molecule has 0 amide bonds. The number of thiazole rings is 1. The molecular weight excluding hydrogens is 205 g/mol. The van der Waals surface area contributed by atoms with Gasteiger partial charge in [-0.25, -0.2) is 4.98 Å². The fourth-order valence-corrected chi connectivity index (χ4v) is 1.14. The van der Waals surface area contributed by atoms with Crippen molar-refractivity contribution in [3.05, 3.63) is 11.1 Å². The van der Waals surface area contributed by atoms with E-state index in [2.05, 4.69) is 10.1 Å². The number of rotatable bonds is 2. The largest absolute Gasteiger partial charge is 1.00 e. The normalized spacial score (nSPS) is 10.6. The predicted molar refractivity (Wildman–Crippen MR) is 39.9 cm³/mol. The number of hydrogen-bond donors (Lipinski definition) is 2. The summed E-state index contributed by atoms with van der Waals surface area (Å²) in [4.78, 5) is 13.8. The summed E-state index contributed by atoms with van der Waals surface area (Å²) in [7, 11) is 0. The fraction of sp³-hybridized carbons (Fsp3) is 0. The topological polar surface area (TPSA) is 112 Å². The average molecular weight is 209 g/mol. The summed E-state index contributed by atoms with van der Waals surface area (Å²) in [6.07, 6.45) is 0. The van der Waals surface area contributed by atoms with E-state index >= 15 is 0 Å². The summed E-state index contributed by atoms with van der Waals surface area (Å²) in [5.41, 5.74) is 4.61. The zero-order valence-corrected chi connectivity index (χ0v) is 9.54. The third-order valence-corrected chi connectivity index (χ3v) is 1.73. The van der Waals surface area contributed by atoms with Crippen molar-refractivity contribution in [3.63, 3.8) is 0 Å². The maximum absolute atomic E-state index is 10.3. The maximum atomic E-state index is 10.3. The van der Waals surface area contributed by atoms with Crippen molar-refractivity contribution in [2.75, 3.05) is 5.73 Å². The zero-order chi connectivity index (χ0) is 9.14. The van der Waals surface area contributed by atoms with Gasteiger partial charge in [0.25, 0.3) is 0 Å². The van der Waals surface area contributed by atoms with E-state index in [1.165, 1.54) is 5.38 Å². The molecule has 0 bridgehead atoms. The van der Waals surface area contributed by atoms with E-state index in [1.807, 2.05) is 0 Å². The van der Waals surface area contributed by atoms with Crippen LogP contribution in [0.1, 0.15) is 5.69 Å². The minimum Gasteiger partial charge on any atom is -0.543 e. The predicted octanol–water partition coefficient (Wildman–Crippen LogP) is -4.34. The van der Waals surface area contributed by atoms with Crippen molar-refractivity contribution >= 4 is 28.1 Å². The third kappa shape index (κ3) is 2.96. The van der Waals surface area contributed by atoms with Crippen LogP contribution in [0.15, 0.2) is 10.5 Å². The van der Waals surface area contributed by atoms with E-state index in [0.29, 0.717) is 0 Å². The summed E-state index contributed by atoms with van der Waals surface area (Å²) in [6.45, 7) is 0. The molecule has 0 atom stereocenters. The fourth-order valence-electron chi connectivity index (χ4n) is 0.593. The monoisotopic (exact) mass is 209 g/mol. The van der Waals surface area contributed by atoms with Crippen molar-refractivity contribution in [1.82, 2.24) is 4.98 Å². The van der Waals surface area contributed by atoms with Gasteiger partial charge in [-0.3, -0.25) is 0 Å². The Morgan fingerprint density at radius 2 is 2.38 bits per heavy atom. The van der Waals surface area contributed by atoms with Gasteiger partial charge in [0.1, 0.15) is 5.69 Å². The molecule has 6 nitrogen and oxygen atoms in total. The second kappa shape index (κ2) is 5.18. The summed E-state index contributed by atoms with van der Waals surface area (Å²) < 4.78 is 0. The number of nitrogens with two attached hydrogens (primary N) is 1. The van der Waals surface area contributed by atoms with E-state index in [0.717, 1.165) is 11.3 Å². The summed E-state index contributed by atoms with van der Waals surface area (Å²) >= 11 is 1.05. The molecule has 13 heavy (non-hydrogen) atoms. The van der Waals surface area contributed by atoms with Crippen LogP contribution >= 0.6 is 11.3 Å². The van der Waals surface area contributed by atoms with Crippen LogP contribution in [-0.4, -0.2) is 21.9 Å². The van der Waals surface area contributed by atoms with Gasteiger partial charge in [-0.1, -0.05) is 5.16 Å². The first-order valence-electron chi connectivity index (χ1n) is 2.80. The van der Waals surface area contributed by atoms with Crippen LogP contribution < -0.4 is 40.4 Å². The number of nitrogens with zero attached hydrogens (tertiary/aromatic N) is 2. The van der Waals surface area contributed by atoms with Crippen molar-refractivity contribution in [1.29, 1.82) is 0 Å². The molecule has 1 rings (SSSR count). The van der Waals surface area contributed by atoms with Crippen molar-refractivity contribution in [2.24, 2.45) is 5.16 Å². The summed E-state index contributed by atoms with van der Waals surface area (Å²) in [6, 6.07) is 0. The van der Waals surface area contributed by atoms with E-state index in [9.17, 15) is 9.90 Å². The molecule has 1 heterocycles. The molecule has 3 N–H and O–H groups in total. The minimum absolute atomic E-state index is 0. The Hall–Kier alpha value is -0.630. The van der Waals surface area contributed by atoms with Gasteiger partial charge in [0.15, 0.2) is 10.8 Å². The van der Waals surface area contributed by atoms with Crippen LogP contribution in [0.2, 0.25) is 0 Å². The van der Waals surface area contributed by atoms with Gasteiger partial charge >= 0.3 is 29.6 Å². The van der Waals surface area contributed by atoms with Gasteiger partial charge in [-0.05, 0) is 0 Å². The Bertz CT molecular complexity index is 338. The Kier molecular flexibility index (Phi) is 4.92. The molecular formula is C5H4N3NaO3S. The molecule has 1 aromatic rings. The molecule has 0 aliphatic rings. The Morgan fingerprint density at radius 3 is 2.69 bits per heavy atom. The number of carboxylic acid groups (broad SMARTS) is 1. The first kappa shape index (κ1) is 12.4. The molecule has 1 aromatic heterocycles. The minimum atomic E-state index is -1.59. The maximum Gasteiger partial charge on any atom is 1.00 e. The molecule has 0 aromatic carbocycles. The van der Waals surface area contributed by atoms with Crippen LogP contribution in [0, 0.1) is 0 Å². The third-order valence-electron chi connectivity index (χ3n) is 1.06. The second-order valence-corrected chi connectivity index (χ2v) is 2.70. The van der Waals surface area contributed by atoms with Gasteiger partial charge < -0.3 is 20.8 Å². The van der Waals surface area contributed by atoms with Gasteiger partial charge in [0.2, 0.25) is 0 Å². The molecule has 8 heteroatoms. The van der Waals surface area contributed by atoms with Crippen molar-refractivity contribution < 1.29 is 44.7 Å². The molecule has 64 valence electrons. The Morgan fingerprint density at radius 1 is 1.77 bits per heavy atom. The first-order chi connectivity index (χ1) is 5.65. The number of carbonyl (C=O) groups excluding carboxylic acids is 1. The second-order valence-electron chi connectivity index (χ2n) is 1.81. The van der Waals surface area contributed by atoms with E-state index in [-0.39, 0.29) is 40.4 Å². The number of oxime groups is 1. The average Bonchev–Trinajstić information content (AvgIpc) is 2.37. The van der Waals surface area contributed by atoms with E-state index in [4.69, 9.17) is 10.9 Å². The zero-order valence-electron chi connectivity index (χ0n) is 6.72. The molecule has 0 unspecified atom stereocenters. The molecule has 0 saturated carbocycles. The number of carboxylic acids is 1. The molecule has 0 spiro atoms. The molecule has 0 radical (unpaired) electrons. The van der Waals surface area contributed by atoms with Gasteiger partial charge in [0.05, 0.1) is 5.97 Å². The quantitative estimate of drug-likeness (QED) is 0.221.